The third-order valence-corrected chi connectivity index (χ3v) is 4.06. The summed E-state index contributed by atoms with van der Waals surface area (Å²) in [4.78, 5) is 8.79. The van der Waals surface area contributed by atoms with E-state index in [9.17, 15) is 0 Å². The van der Waals surface area contributed by atoms with Crippen molar-refractivity contribution in [3.63, 3.8) is 0 Å². The lowest BCUT2D eigenvalue weighted by Crippen LogP contribution is -1.86. The van der Waals surface area contributed by atoms with Gasteiger partial charge in [-0.3, -0.25) is 4.98 Å². The van der Waals surface area contributed by atoms with Crippen LogP contribution in [0.25, 0.3) is 22.0 Å². The largest absolute Gasteiger partial charge is 0.399 e. The number of benzene rings is 1. The van der Waals surface area contributed by atoms with Crippen LogP contribution in [-0.2, 0) is 0 Å². The van der Waals surface area contributed by atoms with Crippen LogP contribution in [-0.4, -0.2) is 9.97 Å². The minimum atomic E-state index is 0.496. The molecule has 0 radical (unpaired) electrons. The molecule has 2 N–H and O–H groups in total. The van der Waals surface area contributed by atoms with Crippen molar-refractivity contribution < 1.29 is 0 Å². The predicted molar refractivity (Wildman–Crippen MR) is 85.2 cm³/mol. The predicted octanol–water partition coefficient (Wildman–Crippen LogP) is 4.76. The van der Waals surface area contributed by atoms with Gasteiger partial charge in [0.25, 0.3) is 0 Å². The van der Waals surface area contributed by atoms with Crippen molar-refractivity contribution in [3.8, 4) is 22.0 Å². The summed E-state index contributed by atoms with van der Waals surface area (Å²) in [5, 5.41) is 3.73. The molecule has 1 aromatic carbocycles. The minimum absolute atomic E-state index is 0.496. The van der Waals surface area contributed by atoms with E-state index in [0.717, 1.165) is 22.0 Å². The van der Waals surface area contributed by atoms with Gasteiger partial charge >= 0.3 is 0 Å². The highest BCUT2D eigenvalue weighted by atomic mass is 35.5. The van der Waals surface area contributed by atoms with Gasteiger partial charge in [0, 0.05) is 22.8 Å². The van der Waals surface area contributed by atoms with E-state index in [2.05, 4.69) is 9.97 Å². The average molecular weight is 322 g/mol. The summed E-state index contributed by atoms with van der Waals surface area (Å²) >= 11 is 13.5. The van der Waals surface area contributed by atoms with Gasteiger partial charge in [-0.1, -0.05) is 35.3 Å². The number of pyridine rings is 1. The Bertz CT molecular complexity index is 753. The molecule has 20 heavy (non-hydrogen) atoms. The van der Waals surface area contributed by atoms with Crippen LogP contribution in [0.3, 0.4) is 0 Å². The molecule has 3 rings (SSSR count). The Morgan fingerprint density at radius 3 is 2.55 bits per heavy atom. The quantitative estimate of drug-likeness (QED) is 0.692. The van der Waals surface area contributed by atoms with Crippen molar-refractivity contribution in [2.24, 2.45) is 0 Å². The molecule has 0 atom stereocenters. The third kappa shape index (κ3) is 2.63. The first kappa shape index (κ1) is 13.4. The van der Waals surface area contributed by atoms with E-state index in [-0.39, 0.29) is 0 Å². The highest BCUT2D eigenvalue weighted by Crippen LogP contribution is 2.32. The number of halogens is 2. The zero-order chi connectivity index (χ0) is 14.1. The van der Waals surface area contributed by atoms with Gasteiger partial charge in [-0.2, -0.15) is 0 Å². The second-order valence-electron chi connectivity index (χ2n) is 4.14. The van der Waals surface area contributed by atoms with Crippen LogP contribution in [0.5, 0.6) is 0 Å². The van der Waals surface area contributed by atoms with Gasteiger partial charge in [-0.25, -0.2) is 4.98 Å². The molecule has 0 saturated carbocycles. The van der Waals surface area contributed by atoms with E-state index in [1.807, 2.05) is 29.6 Å². The Kier molecular flexibility index (Phi) is 3.61. The number of aromatic nitrogens is 2. The molecule has 0 amide bonds. The molecule has 6 heteroatoms. The third-order valence-electron chi connectivity index (χ3n) is 2.72. The molecule has 3 nitrogen and oxygen atoms in total. The Balaban J connectivity index is 1.99. The zero-order valence-corrected chi connectivity index (χ0v) is 12.5. The Labute approximate surface area is 130 Å². The topological polar surface area (TPSA) is 51.8 Å². The lowest BCUT2D eigenvalue weighted by molar-refractivity contribution is 1.29. The number of rotatable bonds is 2. The van der Waals surface area contributed by atoms with Gasteiger partial charge < -0.3 is 5.73 Å². The summed E-state index contributed by atoms with van der Waals surface area (Å²) in [6, 6.07) is 9.23. The van der Waals surface area contributed by atoms with Gasteiger partial charge in [-0.05, 0) is 18.2 Å². The van der Waals surface area contributed by atoms with Crippen LogP contribution in [0.15, 0.2) is 41.9 Å². The van der Waals surface area contributed by atoms with Gasteiger partial charge in [0.05, 0.1) is 15.7 Å². The first-order chi connectivity index (χ1) is 9.63. The van der Waals surface area contributed by atoms with Crippen LogP contribution in [0, 0.1) is 0 Å². The van der Waals surface area contributed by atoms with Gasteiger partial charge in [0.2, 0.25) is 0 Å². The molecule has 0 saturated heterocycles. The van der Waals surface area contributed by atoms with E-state index in [1.54, 1.807) is 12.3 Å². The molecular formula is C14H9Cl2N3S. The summed E-state index contributed by atoms with van der Waals surface area (Å²) < 4.78 is 0. The van der Waals surface area contributed by atoms with Crippen molar-refractivity contribution in [1.82, 2.24) is 9.97 Å². The highest BCUT2D eigenvalue weighted by molar-refractivity contribution is 7.13. The molecule has 2 aromatic heterocycles. The Morgan fingerprint density at radius 2 is 1.85 bits per heavy atom. The summed E-state index contributed by atoms with van der Waals surface area (Å²) in [5.74, 6) is 0. The molecule has 2 heterocycles. The average Bonchev–Trinajstić information content (AvgIpc) is 2.89. The number of anilines is 1. The Morgan fingerprint density at radius 1 is 1.10 bits per heavy atom. The smallest absolute Gasteiger partial charge is 0.144 e. The van der Waals surface area contributed by atoms with Gasteiger partial charge in [0.1, 0.15) is 10.7 Å². The molecule has 0 unspecified atom stereocenters. The van der Waals surface area contributed by atoms with Crippen LogP contribution < -0.4 is 5.73 Å². The zero-order valence-electron chi connectivity index (χ0n) is 10.2. The van der Waals surface area contributed by atoms with Crippen molar-refractivity contribution in [1.29, 1.82) is 0 Å². The SMILES string of the molecule is Nc1ccc(-c2csc(-c3ncc(Cl)cc3Cl)n2)cc1. The summed E-state index contributed by atoms with van der Waals surface area (Å²) in [5.41, 5.74) is 8.93. The number of hydrogen-bond donors (Lipinski definition) is 1. The molecule has 3 aromatic rings. The molecule has 100 valence electrons. The first-order valence-electron chi connectivity index (χ1n) is 5.76. The number of nitrogens with two attached hydrogens (primary N) is 1. The summed E-state index contributed by atoms with van der Waals surface area (Å²) in [7, 11) is 0. The molecule has 0 spiro atoms. The van der Waals surface area contributed by atoms with E-state index in [1.165, 1.54) is 11.3 Å². The summed E-state index contributed by atoms with van der Waals surface area (Å²) in [6.07, 6.45) is 1.56. The fourth-order valence-electron chi connectivity index (χ4n) is 1.74. The fourth-order valence-corrected chi connectivity index (χ4v) is 3.10. The number of hydrogen-bond acceptors (Lipinski definition) is 4. The van der Waals surface area contributed by atoms with Crippen molar-refractivity contribution in [2.75, 3.05) is 5.73 Å². The number of thiazole rings is 1. The van der Waals surface area contributed by atoms with Crippen molar-refractivity contribution in [3.05, 3.63) is 52.0 Å². The fraction of sp³-hybridized carbons (Fsp3) is 0. The van der Waals surface area contributed by atoms with E-state index in [0.29, 0.717) is 15.7 Å². The lowest BCUT2D eigenvalue weighted by atomic mass is 10.1. The molecular weight excluding hydrogens is 313 g/mol. The maximum atomic E-state index is 6.14. The highest BCUT2D eigenvalue weighted by Gasteiger charge is 2.11. The maximum absolute atomic E-state index is 6.14. The number of nitrogens with zero attached hydrogens (tertiary/aromatic N) is 2. The van der Waals surface area contributed by atoms with Crippen LogP contribution in [0.4, 0.5) is 5.69 Å². The van der Waals surface area contributed by atoms with Gasteiger partial charge in [-0.15, -0.1) is 11.3 Å². The normalized spacial score (nSPS) is 10.7. The minimum Gasteiger partial charge on any atom is -0.399 e. The molecule has 0 aliphatic rings. The second-order valence-corrected chi connectivity index (χ2v) is 5.85. The van der Waals surface area contributed by atoms with E-state index in [4.69, 9.17) is 28.9 Å². The van der Waals surface area contributed by atoms with Crippen LogP contribution in [0.2, 0.25) is 10.0 Å². The van der Waals surface area contributed by atoms with E-state index < -0.39 is 0 Å². The molecule has 0 fully saturated rings. The molecule has 0 aliphatic carbocycles. The van der Waals surface area contributed by atoms with E-state index >= 15 is 0 Å². The maximum Gasteiger partial charge on any atom is 0.144 e. The van der Waals surface area contributed by atoms with Crippen LogP contribution >= 0.6 is 34.5 Å². The summed E-state index contributed by atoms with van der Waals surface area (Å²) in [6.45, 7) is 0. The lowest BCUT2D eigenvalue weighted by Gasteiger charge is -2.00. The van der Waals surface area contributed by atoms with Gasteiger partial charge in [0.15, 0.2) is 0 Å². The monoisotopic (exact) mass is 321 g/mol. The molecule has 0 aliphatic heterocycles. The Hall–Kier alpha value is -1.62. The van der Waals surface area contributed by atoms with Crippen LogP contribution in [0.1, 0.15) is 0 Å². The number of nitrogen functional groups attached to an aromatic ring is 1. The first-order valence-corrected chi connectivity index (χ1v) is 7.40. The standard InChI is InChI=1S/C14H9Cl2N3S/c15-9-5-11(16)13(18-6-9)14-19-12(7-20-14)8-1-3-10(17)4-2-8/h1-7H,17H2. The van der Waals surface area contributed by atoms with Crippen molar-refractivity contribution in [2.45, 2.75) is 0 Å². The van der Waals surface area contributed by atoms with Crippen molar-refractivity contribution >= 4 is 40.2 Å². The second kappa shape index (κ2) is 5.40. The molecule has 0 bridgehead atoms.